The smallest absolute Gasteiger partial charge is 0.270 e. The molecule has 0 saturated carbocycles. The number of allylic oxidation sites excluding steroid dienone is 1. The van der Waals surface area contributed by atoms with Crippen molar-refractivity contribution in [2.24, 2.45) is 0 Å². The lowest BCUT2D eigenvalue weighted by atomic mass is 9.86. The second-order valence-corrected chi connectivity index (χ2v) is 10.6. The van der Waals surface area contributed by atoms with E-state index >= 15 is 0 Å². The first-order valence-corrected chi connectivity index (χ1v) is 12.6. The van der Waals surface area contributed by atoms with E-state index < -0.39 is 11.8 Å². The normalized spacial score (nSPS) is 18.5. The Morgan fingerprint density at radius 2 is 1.83 bits per heavy atom. The molecule has 2 aromatic rings. The van der Waals surface area contributed by atoms with Crippen molar-refractivity contribution in [2.75, 3.05) is 16.3 Å². The number of carbonyl (C=O) groups is 2. The number of benzene rings is 2. The molecule has 0 spiro atoms. The molecule has 2 aromatic carbocycles. The summed E-state index contributed by atoms with van der Waals surface area (Å²) < 4.78 is 0. The summed E-state index contributed by atoms with van der Waals surface area (Å²) in [5.41, 5.74) is 5.34. The third kappa shape index (κ3) is 4.51. The minimum Gasteiger partial charge on any atom is -0.362 e. The number of hydrogen-bond acceptors (Lipinski definition) is 4. The maximum Gasteiger partial charge on any atom is 0.270 e. The number of nitrogens with zero attached hydrogens (tertiary/aromatic N) is 2. The van der Waals surface area contributed by atoms with Crippen LogP contribution in [-0.4, -0.2) is 29.0 Å². The van der Waals surface area contributed by atoms with E-state index in [2.05, 4.69) is 50.1 Å². The maximum absolute atomic E-state index is 13.5. The number of thiocarbonyl (C=S) groups is 1. The van der Waals surface area contributed by atoms with Gasteiger partial charge in [-0.3, -0.25) is 19.8 Å². The van der Waals surface area contributed by atoms with Crippen LogP contribution in [0, 0.1) is 6.92 Å². The fourth-order valence-corrected chi connectivity index (χ4v) is 5.38. The molecule has 0 radical (unpaired) electrons. The molecular weight excluding hydrogens is 501 g/mol. The molecule has 0 aliphatic carbocycles. The van der Waals surface area contributed by atoms with Gasteiger partial charge < -0.3 is 4.90 Å². The predicted molar refractivity (Wildman–Crippen MR) is 149 cm³/mol. The Balaban J connectivity index is 1.81. The number of carbonyl (C=O) groups excluding carboxylic acids is 2. The predicted octanol–water partition coefficient (Wildman–Crippen LogP) is 6.55. The Hall–Kier alpha value is -2.67. The molecule has 0 atom stereocenters. The van der Waals surface area contributed by atoms with E-state index in [9.17, 15) is 9.59 Å². The van der Waals surface area contributed by atoms with Crippen molar-refractivity contribution in [3.05, 3.63) is 68.7 Å². The average Bonchev–Trinajstić information content (AvgIpc) is 2.77. The van der Waals surface area contributed by atoms with Crippen LogP contribution in [0.1, 0.15) is 50.8 Å². The van der Waals surface area contributed by atoms with E-state index in [4.69, 9.17) is 35.4 Å². The quantitative estimate of drug-likeness (QED) is 0.278. The third-order valence-electron chi connectivity index (χ3n) is 6.39. The van der Waals surface area contributed by atoms with Gasteiger partial charge in [-0.1, -0.05) is 42.3 Å². The Morgan fingerprint density at radius 1 is 1.11 bits per heavy atom. The van der Waals surface area contributed by atoms with E-state index in [-0.39, 0.29) is 26.3 Å². The van der Waals surface area contributed by atoms with Crippen LogP contribution in [0.5, 0.6) is 0 Å². The van der Waals surface area contributed by atoms with Crippen LogP contribution < -0.4 is 15.1 Å². The van der Waals surface area contributed by atoms with Crippen LogP contribution in [-0.2, 0) is 9.59 Å². The van der Waals surface area contributed by atoms with Gasteiger partial charge in [0.2, 0.25) is 0 Å². The van der Waals surface area contributed by atoms with Gasteiger partial charge in [0.15, 0.2) is 5.11 Å². The largest absolute Gasteiger partial charge is 0.362 e. The molecule has 8 heteroatoms. The first kappa shape index (κ1) is 25.4. The van der Waals surface area contributed by atoms with Gasteiger partial charge in [-0.05, 0) is 93.4 Å². The second-order valence-electron chi connectivity index (χ2n) is 9.39. The highest BCUT2D eigenvalue weighted by molar-refractivity contribution is 7.80. The molecule has 2 aliphatic heterocycles. The van der Waals surface area contributed by atoms with E-state index in [0.29, 0.717) is 5.69 Å². The van der Waals surface area contributed by atoms with Gasteiger partial charge in [0.25, 0.3) is 11.8 Å². The molecule has 4 rings (SSSR count). The van der Waals surface area contributed by atoms with Gasteiger partial charge in [-0.25, -0.2) is 0 Å². The summed E-state index contributed by atoms with van der Waals surface area (Å²) in [6.45, 7) is 11.6. The zero-order valence-corrected chi connectivity index (χ0v) is 22.7. The molecule has 1 saturated heterocycles. The summed E-state index contributed by atoms with van der Waals surface area (Å²) >= 11 is 17.8. The Bertz CT molecular complexity index is 1330. The zero-order chi connectivity index (χ0) is 25.7. The van der Waals surface area contributed by atoms with Gasteiger partial charge >= 0.3 is 0 Å². The van der Waals surface area contributed by atoms with Crippen molar-refractivity contribution in [2.45, 2.75) is 46.6 Å². The van der Waals surface area contributed by atoms with Crippen LogP contribution in [0.3, 0.4) is 0 Å². The Morgan fingerprint density at radius 3 is 2.51 bits per heavy atom. The van der Waals surface area contributed by atoms with E-state index in [1.807, 2.05) is 13.0 Å². The molecule has 35 heavy (non-hydrogen) atoms. The summed E-state index contributed by atoms with van der Waals surface area (Å²) in [7, 11) is 0. The SMILES string of the molecule is CCCN1c2cc(C)c(/C=C3/C(=O)NC(=S)N(c4cccc(Cl)c4Cl)C3=O)cc2C(C)=CC1(C)C. The van der Waals surface area contributed by atoms with E-state index in [1.54, 1.807) is 24.3 Å². The highest BCUT2D eigenvalue weighted by atomic mass is 35.5. The van der Waals surface area contributed by atoms with Crippen LogP contribution in [0.25, 0.3) is 11.6 Å². The van der Waals surface area contributed by atoms with Gasteiger partial charge in [0.1, 0.15) is 5.57 Å². The number of fused-ring (bicyclic) bond motifs is 1. The molecule has 5 nitrogen and oxygen atoms in total. The number of amides is 2. The van der Waals surface area contributed by atoms with Gasteiger partial charge in [-0.15, -0.1) is 0 Å². The fraction of sp³-hybridized carbons (Fsp3) is 0.296. The average molecular weight is 529 g/mol. The van der Waals surface area contributed by atoms with Crippen molar-refractivity contribution in [1.29, 1.82) is 0 Å². The molecule has 2 amide bonds. The van der Waals surface area contributed by atoms with Crippen LogP contribution in [0.4, 0.5) is 11.4 Å². The van der Waals surface area contributed by atoms with Crippen molar-refractivity contribution in [3.63, 3.8) is 0 Å². The molecule has 0 aromatic heterocycles. The number of rotatable bonds is 4. The van der Waals surface area contributed by atoms with Crippen LogP contribution >= 0.6 is 35.4 Å². The minimum absolute atomic E-state index is 0.0270. The topological polar surface area (TPSA) is 52.7 Å². The molecule has 182 valence electrons. The Kier molecular flexibility index (Phi) is 6.84. The van der Waals surface area contributed by atoms with Crippen molar-refractivity contribution < 1.29 is 9.59 Å². The molecule has 1 N–H and O–H groups in total. The summed E-state index contributed by atoms with van der Waals surface area (Å²) in [5, 5.41) is 3.04. The van der Waals surface area contributed by atoms with Gasteiger partial charge in [-0.2, -0.15) is 0 Å². The number of hydrogen-bond donors (Lipinski definition) is 1. The highest BCUT2D eigenvalue weighted by Gasteiger charge is 2.36. The lowest BCUT2D eigenvalue weighted by molar-refractivity contribution is -0.122. The number of nitrogens with one attached hydrogen (secondary N) is 1. The standard InChI is InChI=1S/C27H27Cl2N3O2S/c1-6-10-31-22-11-15(2)17(12-18(22)16(3)14-27(31,4)5)13-19-24(33)30-26(35)32(25(19)34)21-9-7-8-20(28)23(21)29/h7-9,11-14H,6,10H2,1-5H3,(H,30,33,35)/b19-13-. The summed E-state index contributed by atoms with van der Waals surface area (Å²) in [6.07, 6.45) is 4.91. The zero-order valence-electron chi connectivity index (χ0n) is 20.3. The maximum atomic E-state index is 13.5. The van der Waals surface area contributed by atoms with Crippen molar-refractivity contribution in [3.8, 4) is 0 Å². The van der Waals surface area contributed by atoms with Gasteiger partial charge in [0, 0.05) is 17.8 Å². The van der Waals surface area contributed by atoms with E-state index in [0.717, 1.165) is 40.9 Å². The monoisotopic (exact) mass is 527 g/mol. The molecule has 2 aliphatic rings. The third-order valence-corrected chi connectivity index (χ3v) is 7.48. The second kappa shape index (κ2) is 9.41. The molecule has 0 unspecified atom stereocenters. The van der Waals surface area contributed by atoms with Crippen molar-refractivity contribution >= 4 is 75.4 Å². The fourth-order valence-electron chi connectivity index (χ4n) is 4.73. The molecular formula is C27H27Cl2N3O2S. The number of anilines is 2. The first-order valence-electron chi connectivity index (χ1n) is 11.4. The summed E-state index contributed by atoms with van der Waals surface area (Å²) in [5.74, 6) is -1.10. The molecule has 1 fully saturated rings. The summed E-state index contributed by atoms with van der Waals surface area (Å²) in [6, 6.07) is 9.11. The van der Waals surface area contributed by atoms with Gasteiger partial charge in [0.05, 0.1) is 21.3 Å². The lowest BCUT2D eigenvalue weighted by Crippen LogP contribution is -2.54. The van der Waals surface area contributed by atoms with E-state index in [1.165, 1.54) is 4.90 Å². The lowest BCUT2D eigenvalue weighted by Gasteiger charge is -2.43. The van der Waals surface area contributed by atoms with Crippen molar-refractivity contribution in [1.82, 2.24) is 5.32 Å². The Labute approximate surface area is 221 Å². The highest BCUT2D eigenvalue weighted by Crippen LogP contribution is 2.41. The van der Waals surface area contributed by atoms with Crippen LogP contribution in [0.15, 0.2) is 42.0 Å². The number of aryl methyl sites for hydroxylation is 1. The minimum atomic E-state index is -0.555. The van der Waals surface area contributed by atoms with Crippen LogP contribution in [0.2, 0.25) is 10.0 Å². The summed E-state index contributed by atoms with van der Waals surface area (Å²) in [4.78, 5) is 29.9. The molecule has 2 heterocycles. The number of halogens is 2. The first-order chi connectivity index (χ1) is 16.5. The molecule has 0 bridgehead atoms.